The molecule has 104 valence electrons. The summed E-state index contributed by atoms with van der Waals surface area (Å²) in [4.78, 5) is 0. The van der Waals surface area contributed by atoms with Gasteiger partial charge in [-0.15, -0.1) is 0 Å². The Morgan fingerprint density at radius 1 is 1.17 bits per heavy atom. The van der Waals surface area contributed by atoms with Crippen molar-refractivity contribution in [1.82, 2.24) is 0 Å². The first-order valence-corrected chi connectivity index (χ1v) is 8.26. The van der Waals surface area contributed by atoms with E-state index in [2.05, 4.69) is 42.8 Å². The van der Waals surface area contributed by atoms with Crippen LogP contribution in [-0.4, -0.2) is 31.0 Å². The van der Waals surface area contributed by atoms with Crippen LogP contribution in [0.15, 0.2) is 30.3 Å². The quantitative estimate of drug-likeness (QED) is 0.478. The molecule has 0 unspecified atom stereocenters. The van der Waals surface area contributed by atoms with Gasteiger partial charge in [0.2, 0.25) is 0 Å². The van der Waals surface area contributed by atoms with Crippen LogP contribution in [0.5, 0.6) is 0 Å². The molecule has 0 amide bonds. The second kappa shape index (κ2) is 7.01. The van der Waals surface area contributed by atoms with Gasteiger partial charge in [0.05, 0.1) is 12.5 Å². The number of alkyl halides is 3. The first kappa shape index (κ1) is 17.3. The molecule has 0 radical (unpaired) electrons. The van der Waals surface area contributed by atoms with Crippen molar-refractivity contribution in [2.45, 2.75) is 11.3 Å². The average Bonchev–Trinajstić information content (AvgIpc) is 2.15. The highest BCUT2D eigenvalue weighted by atomic mass is 32.2. The molecule has 0 aliphatic carbocycles. The van der Waals surface area contributed by atoms with Crippen molar-refractivity contribution in [2.75, 3.05) is 12.5 Å². The first-order valence-electron chi connectivity index (χ1n) is 4.64. The van der Waals surface area contributed by atoms with E-state index in [-0.39, 0.29) is 0 Å². The highest BCUT2D eigenvalue weighted by molar-refractivity contribution is 7.94. The topological polar surface area (TPSA) is 57.2 Å². The summed E-state index contributed by atoms with van der Waals surface area (Å²) >= 11 is 0. The fraction of sp³-hybridized carbons (Fsp3) is 0.400. The standard InChI is InChI=1S/C9H13S.CHF3O3S/c1-10(2)8-9-6-4-3-5-7-9;2-1(3,4)8(5,6)7/h3-7H,8H2,1-2H3;(H,5,6,7)/q+1;/p-1. The Bertz CT molecular complexity index is 441. The molecule has 18 heavy (non-hydrogen) atoms. The average molecular weight is 302 g/mol. The minimum Gasteiger partial charge on any atom is -0.741 e. The van der Waals surface area contributed by atoms with Crippen molar-refractivity contribution in [3.63, 3.8) is 0 Å². The Kier molecular flexibility index (Phi) is 6.72. The molecule has 1 aromatic rings. The van der Waals surface area contributed by atoms with Gasteiger partial charge >= 0.3 is 5.51 Å². The molecule has 0 saturated heterocycles. The SMILES string of the molecule is C[S+](C)Cc1ccccc1.O=S(=O)([O-])C(F)(F)F. The Morgan fingerprint density at radius 2 is 1.56 bits per heavy atom. The van der Waals surface area contributed by atoms with E-state index in [4.69, 9.17) is 13.0 Å². The number of halogens is 3. The lowest BCUT2D eigenvalue weighted by atomic mass is 10.2. The van der Waals surface area contributed by atoms with Gasteiger partial charge in [-0.05, 0) is 10.9 Å². The van der Waals surface area contributed by atoms with Crippen molar-refractivity contribution in [2.24, 2.45) is 0 Å². The molecule has 0 fully saturated rings. The monoisotopic (exact) mass is 302 g/mol. The highest BCUT2D eigenvalue weighted by Crippen LogP contribution is 2.20. The van der Waals surface area contributed by atoms with Gasteiger partial charge in [-0.2, -0.15) is 13.2 Å². The largest absolute Gasteiger partial charge is 0.741 e. The number of hydrogen-bond donors (Lipinski definition) is 0. The second-order valence-corrected chi connectivity index (χ2v) is 7.15. The van der Waals surface area contributed by atoms with E-state index in [0.29, 0.717) is 10.9 Å². The Balaban J connectivity index is 0.000000331. The zero-order valence-electron chi connectivity index (χ0n) is 9.77. The lowest BCUT2D eigenvalue weighted by Gasteiger charge is -2.08. The van der Waals surface area contributed by atoms with Crippen LogP contribution in [0, 0.1) is 0 Å². The summed E-state index contributed by atoms with van der Waals surface area (Å²) in [7, 11) is -5.56. The molecule has 0 aliphatic rings. The van der Waals surface area contributed by atoms with Crippen LogP contribution in [0.3, 0.4) is 0 Å². The summed E-state index contributed by atoms with van der Waals surface area (Å²) in [5, 5.41) is 0. The summed E-state index contributed by atoms with van der Waals surface area (Å²) < 4.78 is 58.9. The summed E-state index contributed by atoms with van der Waals surface area (Å²) in [6, 6.07) is 10.6. The normalized spacial score (nSPS) is 11.9. The van der Waals surface area contributed by atoms with E-state index in [0.717, 1.165) is 0 Å². The van der Waals surface area contributed by atoms with Gasteiger partial charge < -0.3 is 4.55 Å². The van der Waals surface area contributed by atoms with Crippen molar-refractivity contribution in [3.05, 3.63) is 35.9 Å². The lowest BCUT2D eigenvalue weighted by Crippen LogP contribution is -2.21. The zero-order valence-corrected chi connectivity index (χ0v) is 11.4. The van der Waals surface area contributed by atoms with Gasteiger partial charge in [-0.25, -0.2) is 8.42 Å². The number of rotatable bonds is 2. The molecule has 0 atom stereocenters. The van der Waals surface area contributed by atoms with Gasteiger partial charge in [0, 0.05) is 5.56 Å². The van der Waals surface area contributed by atoms with E-state index in [1.54, 1.807) is 0 Å². The van der Waals surface area contributed by atoms with Crippen LogP contribution < -0.4 is 0 Å². The van der Waals surface area contributed by atoms with Gasteiger partial charge in [0.25, 0.3) is 0 Å². The molecular weight excluding hydrogens is 289 g/mol. The third-order valence-corrected chi connectivity index (χ3v) is 3.06. The minimum atomic E-state index is -6.09. The fourth-order valence-corrected chi connectivity index (χ4v) is 1.77. The number of hydrogen-bond acceptors (Lipinski definition) is 3. The van der Waals surface area contributed by atoms with E-state index in [1.807, 2.05) is 0 Å². The smallest absolute Gasteiger partial charge is 0.485 e. The maximum absolute atomic E-state index is 10.7. The Hall–Kier alpha value is -0.730. The van der Waals surface area contributed by atoms with Gasteiger partial charge in [-0.3, -0.25) is 0 Å². The third-order valence-electron chi connectivity index (χ3n) is 1.58. The Morgan fingerprint density at radius 3 is 1.83 bits per heavy atom. The Labute approximate surface area is 107 Å². The van der Waals surface area contributed by atoms with E-state index in [1.165, 1.54) is 11.3 Å². The van der Waals surface area contributed by atoms with E-state index in [9.17, 15) is 13.2 Å². The minimum absolute atomic E-state index is 0.533. The maximum Gasteiger partial charge on any atom is 0.485 e. The molecule has 0 aromatic heterocycles. The lowest BCUT2D eigenvalue weighted by molar-refractivity contribution is -0.0517. The molecule has 0 bridgehead atoms. The highest BCUT2D eigenvalue weighted by Gasteiger charge is 2.36. The molecule has 0 N–H and O–H groups in total. The van der Waals surface area contributed by atoms with Gasteiger partial charge in [0.1, 0.15) is 5.75 Å². The van der Waals surface area contributed by atoms with Crippen LogP contribution in [0.4, 0.5) is 13.2 Å². The molecule has 0 heterocycles. The van der Waals surface area contributed by atoms with Crippen molar-refractivity contribution in [3.8, 4) is 0 Å². The first-order chi connectivity index (χ1) is 8.04. The van der Waals surface area contributed by atoms with Crippen molar-refractivity contribution < 1.29 is 26.1 Å². The zero-order chi connectivity index (χ0) is 14.4. The molecular formula is C10H13F3O3S2. The second-order valence-electron chi connectivity index (χ2n) is 3.52. The summed E-state index contributed by atoms with van der Waals surface area (Å²) in [5.74, 6) is 1.22. The van der Waals surface area contributed by atoms with Crippen LogP contribution in [0.25, 0.3) is 0 Å². The predicted molar refractivity (Wildman–Crippen MR) is 65.1 cm³/mol. The van der Waals surface area contributed by atoms with Crippen LogP contribution >= 0.6 is 0 Å². The molecule has 3 nitrogen and oxygen atoms in total. The molecule has 0 saturated carbocycles. The summed E-state index contributed by atoms with van der Waals surface area (Å²) in [6.07, 6.45) is 4.54. The number of benzene rings is 1. The molecule has 0 spiro atoms. The van der Waals surface area contributed by atoms with Crippen molar-refractivity contribution >= 4 is 21.0 Å². The maximum atomic E-state index is 10.7. The van der Waals surface area contributed by atoms with E-state index < -0.39 is 15.6 Å². The van der Waals surface area contributed by atoms with Crippen LogP contribution in [0.1, 0.15) is 5.56 Å². The van der Waals surface area contributed by atoms with Crippen molar-refractivity contribution in [1.29, 1.82) is 0 Å². The predicted octanol–water partition coefficient (Wildman–Crippen LogP) is 2.12. The molecule has 8 heteroatoms. The van der Waals surface area contributed by atoms with Crippen LogP contribution in [-0.2, 0) is 26.8 Å². The summed E-state index contributed by atoms with van der Waals surface area (Å²) in [5.41, 5.74) is -4.19. The molecule has 1 rings (SSSR count). The summed E-state index contributed by atoms with van der Waals surface area (Å²) in [6.45, 7) is 0. The fourth-order valence-electron chi connectivity index (χ4n) is 0.908. The van der Waals surface area contributed by atoms with Gasteiger partial charge in [-0.1, -0.05) is 30.3 Å². The van der Waals surface area contributed by atoms with Gasteiger partial charge in [0.15, 0.2) is 10.1 Å². The molecule has 1 aromatic carbocycles. The third kappa shape index (κ3) is 7.57. The molecule has 0 aliphatic heterocycles. The van der Waals surface area contributed by atoms with Crippen LogP contribution in [0.2, 0.25) is 0 Å². The van der Waals surface area contributed by atoms with E-state index >= 15 is 0 Å².